The van der Waals surface area contributed by atoms with Crippen molar-refractivity contribution in [1.29, 1.82) is 0 Å². The molecule has 11 heteroatoms. The second-order valence-electron chi connectivity index (χ2n) is 9.64. The predicted octanol–water partition coefficient (Wildman–Crippen LogP) is 3.82. The van der Waals surface area contributed by atoms with Crippen molar-refractivity contribution in [3.63, 3.8) is 0 Å². The van der Waals surface area contributed by atoms with Crippen LogP contribution < -0.4 is 0 Å². The second kappa shape index (κ2) is 6.93. The van der Waals surface area contributed by atoms with E-state index in [1.807, 2.05) is 0 Å². The highest BCUT2D eigenvalue weighted by molar-refractivity contribution is 6.36. The fraction of sp³-hybridized carbons (Fsp3) is 0.591. The number of ether oxygens (including phenoxy) is 2. The number of nitrogens with zero attached hydrogens (tertiary/aromatic N) is 3. The summed E-state index contributed by atoms with van der Waals surface area (Å²) in [5.41, 5.74) is -0.690. The third-order valence-electron chi connectivity index (χ3n) is 7.18. The van der Waals surface area contributed by atoms with Gasteiger partial charge in [0.15, 0.2) is 5.69 Å². The molecule has 0 bridgehead atoms. The van der Waals surface area contributed by atoms with Crippen molar-refractivity contribution in [2.24, 2.45) is 5.41 Å². The number of pyridine rings is 1. The van der Waals surface area contributed by atoms with Crippen LogP contribution in [0.15, 0.2) is 12.1 Å². The maximum atomic E-state index is 13.7. The quantitative estimate of drug-likeness (QED) is 0.649. The zero-order valence-electron chi connectivity index (χ0n) is 17.6. The number of hydrogen-bond acceptors (Lipinski definition) is 5. The van der Waals surface area contributed by atoms with Crippen LogP contribution in [0.5, 0.6) is 0 Å². The van der Waals surface area contributed by atoms with Gasteiger partial charge >= 0.3 is 6.18 Å². The maximum Gasteiger partial charge on any atom is 0.433 e. The van der Waals surface area contributed by atoms with Crippen LogP contribution >= 0.6 is 11.6 Å². The molecule has 7 nitrogen and oxygen atoms in total. The average molecular weight is 484 g/mol. The molecule has 6 rings (SSSR count). The monoisotopic (exact) mass is 483 g/mol. The Morgan fingerprint density at radius 3 is 2.42 bits per heavy atom. The molecule has 2 aliphatic carbocycles. The highest BCUT2D eigenvalue weighted by atomic mass is 35.5. The Balaban J connectivity index is 1.28. The van der Waals surface area contributed by atoms with Gasteiger partial charge in [0, 0.05) is 18.4 Å². The van der Waals surface area contributed by atoms with E-state index < -0.39 is 23.6 Å². The fourth-order valence-electron chi connectivity index (χ4n) is 4.64. The molecule has 2 aliphatic heterocycles. The van der Waals surface area contributed by atoms with Gasteiger partial charge < -0.3 is 14.4 Å². The standard InChI is InChI=1S/C22H21ClF3N3O4/c23-17-14-7-13(12-1-2-12)8-15(22(24,25)26)29(14)27-18(17)19(31)28-6-5-21(16(30)9-28)32-10-20(3-4-20)11-33-21/h7-8,12H,1-6,9-11H2. The lowest BCUT2D eigenvalue weighted by Crippen LogP contribution is -2.59. The summed E-state index contributed by atoms with van der Waals surface area (Å²) < 4.78 is 53.5. The summed E-state index contributed by atoms with van der Waals surface area (Å²) in [6, 6.07) is 2.63. The lowest BCUT2D eigenvalue weighted by Gasteiger charge is -2.43. The van der Waals surface area contributed by atoms with Crippen molar-refractivity contribution in [2.75, 3.05) is 26.3 Å². The topological polar surface area (TPSA) is 73.1 Å². The third-order valence-corrected chi connectivity index (χ3v) is 7.55. The van der Waals surface area contributed by atoms with Crippen molar-refractivity contribution in [3.05, 3.63) is 34.1 Å². The minimum absolute atomic E-state index is 0.0259. The fourth-order valence-corrected chi connectivity index (χ4v) is 4.89. The average Bonchev–Trinajstić information content (AvgIpc) is 3.71. The van der Waals surface area contributed by atoms with E-state index in [9.17, 15) is 22.8 Å². The van der Waals surface area contributed by atoms with Crippen LogP contribution in [-0.4, -0.2) is 58.3 Å². The van der Waals surface area contributed by atoms with Crippen molar-refractivity contribution in [3.8, 4) is 0 Å². The van der Waals surface area contributed by atoms with Crippen LogP contribution in [0.25, 0.3) is 5.52 Å². The molecule has 0 atom stereocenters. The molecule has 0 radical (unpaired) electrons. The molecule has 2 saturated heterocycles. The van der Waals surface area contributed by atoms with E-state index in [0.29, 0.717) is 23.3 Å². The molecule has 2 spiro atoms. The highest BCUT2D eigenvalue weighted by Crippen LogP contribution is 2.51. The minimum atomic E-state index is -4.67. The second-order valence-corrected chi connectivity index (χ2v) is 10.0. The van der Waals surface area contributed by atoms with Gasteiger partial charge in [0.2, 0.25) is 11.6 Å². The van der Waals surface area contributed by atoms with E-state index >= 15 is 0 Å². The Bertz CT molecular complexity index is 1180. The van der Waals surface area contributed by atoms with E-state index in [1.165, 1.54) is 4.90 Å². The van der Waals surface area contributed by atoms with Crippen molar-refractivity contribution in [2.45, 2.75) is 50.0 Å². The molecule has 4 aliphatic rings. The largest absolute Gasteiger partial charge is 0.433 e. The van der Waals surface area contributed by atoms with Crippen molar-refractivity contribution >= 4 is 28.8 Å². The lowest BCUT2D eigenvalue weighted by molar-refractivity contribution is -0.280. The number of ketones is 1. The van der Waals surface area contributed by atoms with Crippen LogP contribution in [0.1, 0.15) is 59.8 Å². The maximum absolute atomic E-state index is 13.7. The number of hydrogen-bond donors (Lipinski definition) is 0. The van der Waals surface area contributed by atoms with Crippen molar-refractivity contribution < 1.29 is 32.2 Å². The summed E-state index contributed by atoms with van der Waals surface area (Å²) in [6.07, 6.45) is -0.867. The Morgan fingerprint density at radius 2 is 1.85 bits per heavy atom. The van der Waals surface area contributed by atoms with Crippen LogP contribution in [0.4, 0.5) is 13.2 Å². The number of aromatic nitrogens is 2. The zero-order chi connectivity index (χ0) is 23.2. The number of likely N-dealkylation sites (tertiary alicyclic amines) is 1. The summed E-state index contributed by atoms with van der Waals surface area (Å²) in [7, 11) is 0. The van der Waals surface area contributed by atoms with Crippen LogP contribution in [0, 0.1) is 5.41 Å². The summed E-state index contributed by atoms with van der Waals surface area (Å²) in [6.45, 7) is 0.764. The Morgan fingerprint density at radius 1 is 1.15 bits per heavy atom. The van der Waals surface area contributed by atoms with E-state index in [2.05, 4.69) is 5.10 Å². The molecule has 2 saturated carbocycles. The number of rotatable bonds is 2. The molecule has 1 amide bonds. The lowest BCUT2D eigenvalue weighted by atomic mass is 9.98. The Kier molecular flexibility index (Phi) is 4.49. The number of halogens is 4. The first-order valence-electron chi connectivity index (χ1n) is 11.0. The van der Waals surface area contributed by atoms with E-state index in [0.717, 1.165) is 31.7 Å². The number of amides is 1. The molecule has 0 unspecified atom stereocenters. The molecule has 0 aromatic carbocycles. The normalized spacial score (nSPS) is 24.1. The molecular formula is C22H21ClF3N3O4. The smallest absolute Gasteiger partial charge is 0.343 e. The molecule has 2 aromatic rings. The number of carbonyl (C=O) groups excluding carboxylic acids is 2. The first-order chi connectivity index (χ1) is 15.6. The Labute approximate surface area is 191 Å². The van der Waals surface area contributed by atoms with Crippen LogP contribution in [0.3, 0.4) is 0 Å². The molecule has 33 heavy (non-hydrogen) atoms. The highest BCUT2D eigenvalue weighted by Gasteiger charge is 2.56. The number of fused-ring (bicyclic) bond motifs is 1. The van der Waals surface area contributed by atoms with Gasteiger partial charge in [0.1, 0.15) is 5.69 Å². The molecule has 0 N–H and O–H groups in total. The van der Waals surface area contributed by atoms with E-state index in [-0.39, 0.29) is 52.9 Å². The van der Waals surface area contributed by atoms with Gasteiger partial charge in [-0.15, -0.1) is 0 Å². The first-order valence-corrected chi connectivity index (χ1v) is 11.4. The van der Waals surface area contributed by atoms with E-state index in [1.54, 1.807) is 6.07 Å². The number of piperidine rings is 1. The number of Topliss-reactive ketones (excluding diaryl/α,β-unsaturated/α-hetero) is 1. The molecule has 4 heterocycles. The van der Waals surface area contributed by atoms with Gasteiger partial charge in [-0.25, -0.2) is 4.52 Å². The molecule has 2 aromatic heterocycles. The van der Waals surface area contributed by atoms with Gasteiger partial charge in [0.05, 0.1) is 30.3 Å². The van der Waals surface area contributed by atoms with E-state index in [4.69, 9.17) is 21.1 Å². The van der Waals surface area contributed by atoms with Gasteiger partial charge in [-0.3, -0.25) is 9.59 Å². The van der Waals surface area contributed by atoms with Gasteiger partial charge in [-0.2, -0.15) is 18.3 Å². The summed E-state index contributed by atoms with van der Waals surface area (Å²) in [5, 5.41) is 3.78. The SMILES string of the molecule is O=C(c1nn2c(C(F)(F)F)cc(C3CC3)cc2c1Cl)N1CCC2(OCC3(CC3)CO2)C(=O)C1. The molecular weight excluding hydrogens is 463 g/mol. The predicted molar refractivity (Wildman–Crippen MR) is 109 cm³/mol. The number of alkyl halides is 3. The molecule has 176 valence electrons. The zero-order valence-corrected chi connectivity index (χ0v) is 18.3. The van der Waals surface area contributed by atoms with Gasteiger partial charge in [0.25, 0.3) is 5.91 Å². The number of carbonyl (C=O) groups is 2. The van der Waals surface area contributed by atoms with Gasteiger partial charge in [-0.05, 0) is 49.3 Å². The third kappa shape index (κ3) is 3.45. The summed E-state index contributed by atoms with van der Waals surface area (Å²) in [5.74, 6) is -2.37. The summed E-state index contributed by atoms with van der Waals surface area (Å²) >= 11 is 6.37. The van der Waals surface area contributed by atoms with Crippen LogP contribution in [-0.2, 0) is 20.4 Å². The Hall–Kier alpha value is -2.17. The first kappa shape index (κ1) is 21.4. The minimum Gasteiger partial charge on any atom is -0.343 e. The molecule has 4 fully saturated rings. The van der Waals surface area contributed by atoms with Crippen LogP contribution in [0.2, 0.25) is 5.02 Å². The summed E-state index contributed by atoms with van der Waals surface area (Å²) in [4.78, 5) is 27.3. The van der Waals surface area contributed by atoms with Gasteiger partial charge in [-0.1, -0.05) is 11.6 Å². The van der Waals surface area contributed by atoms with Crippen molar-refractivity contribution in [1.82, 2.24) is 14.5 Å².